The van der Waals surface area contributed by atoms with Crippen molar-refractivity contribution >= 4 is 0 Å². The minimum Gasteiger partial charge on any atom is -0.0961 e. The summed E-state index contributed by atoms with van der Waals surface area (Å²) in [4.78, 5) is 0. The molecule has 0 saturated carbocycles. The summed E-state index contributed by atoms with van der Waals surface area (Å²) in [6.07, 6.45) is 12.4. The summed E-state index contributed by atoms with van der Waals surface area (Å²) in [6.45, 7) is 14.0. The normalized spacial score (nSPS) is 10.9. The number of hydrogen-bond acceptors (Lipinski definition) is 0. The van der Waals surface area contributed by atoms with E-state index in [0.29, 0.717) is 0 Å². The van der Waals surface area contributed by atoms with Crippen molar-refractivity contribution in [3.63, 3.8) is 0 Å². The monoisotopic (exact) mass is 202 g/mol. The fourth-order valence-electron chi connectivity index (χ4n) is 1.04. The van der Waals surface area contributed by atoms with Crippen LogP contribution in [0, 0.1) is 0 Å². The molecule has 0 saturated heterocycles. The molecule has 0 unspecified atom stereocenters. The van der Waals surface area contributed by atoms with Crippen LogP contribution < -0.4 is 0 Å². The summed E-state index contributed by atoms with van der Waals surface area (Å²) < 4.78 is 0. The lowest BCUT2D eigenvalue weighted by molar-refractivity contribution is 0.998. The minimum absolute atomic E-state index is 1.03. The summed E-state index contributed by atoms with van der Waals surface area (Å²) in [5.41, 5.74) is 3.60. The van der Waals surface area contributed by atoms with Crippen molar-refractivity contribution in [2.45, 2.75) is 33.6 Å². The first kappa shape index (κ1) is 13.7. The number of rotatable bonds is 6. The zero-order valence-corrected chi connectivity index (χ0v) is 10.2. The summed E-state index contributed by atoms with van der Waals surface area (Å²) >= 11 is 0. The molecule has 0 aromatic rings. The van der Waals surface area contributed by atoms with Crippen molar-refractivity contribution in [3.8, 4) is 0 Å². The quantitative estimate of drug-likeness (QED) is 0.421. The van der Waals surface area contributed by atoms with E-state index in [9.17, 15) is 0 Å². The third kappa shape index (κ3) is 10.6. The van der Waals surface area contributed by atoms with Gasteiger partial charge in [0.2, 0.25) is 0 Å². The fraction of sp³-hybridized carbons (Fsp3) is 0.333. The van der Waals surface area contributed by atoms with E-state index in [1.807, 2.05) is 25.2 Å². The third-order valence-corrected chi connectivity index (χ3v) is 1.84. The number of allylic oxidation sites excluding steroid dienone is 8. The molecule has 0 spiro atoms. The van der Waals surface area contributed by atoms with Gasteiger partial charge in [-0.15, -0.1) is 0 Å². The van der Waals surface area contributed by atoms with E-state index in [1.165, 1.54) is 11.1 Å². The van der Waals surface area contributed by atoms with Gasteiger partial charge in [-0.05, 0) is 33.6 Å². The van der Waals surface area contributed by atoms with Gasteiger partial charge < -0.3 is 0 Å². The molecule has 0 fully saturated rings. The van der Waals surface area contributed by atoms with Gasteiger partial charge in [0.15, 0.2) is 0 Å². The molecule has 0 bridgehead atoms. The summed E-state index contributed by atoms with van der Waals surface area (Å²) in [5.74, 6) is 0. The Bertz CT molecular complexity index is 294. The van der Waals surface area contributed by atoms with Gasteiger partial charge in [0.1, 0.15) is 0 Å². The van der Waals surface area contributed by atoms with Gasteiger partial charge in [-0.3, -0.25) is 0 Å². The average molecular weight is 202 g/mol. The maximum atomic E-state index is 4.00. The maximum Gasteiger partial charge on any atom is -0.0250 e. The Morgan fingerprint density at radius 2 is 1.60 bits per heavy atom. The van der Waals surface area contributed by atoms with Gasteiger partial charge in [-0.1, -0.05) is 60.3 Å². The first-order chi connectivity index (χ1) is 7.02. The fourth-order valence-corrected chi connectivity index (χ4v) is 1.04. The van der Waals surface area contributed by atoms with Crippen LogP contribution in [0.25, 0.3) is 0 Å². The second kappa shape index (κ2) is 8.05. The van der Waals surface area contributed by atoms with Crippen LogP contribution >= 0.6 is 0 Å². The predicted octanol–water partition coefficient (Wildman–Crippen LogP) is 4.98. The molecule has 0 aromatic heterocycles. The molecule has 0 heteroatoms. The van der Waals surface area contributed by atoms with Gasteiger partial charge in [-0.2, -0.15) is 0 Å². The van der Waals surface area contributed by atoms with Crippen molar-refractivity contribution in [2.75, 3.05) is 0 Å². The summed E-state index contributed by atoms with van der Waals surface area (Å²) in [6, 6.07) is 0. The highest BCUT2D eigenvalue weighted by Gasteiger charge is 1.86. The van der Waals surface area contributed by atoms with Gasteiger partial charge in [0, 0.05) is 0 Å². The van der Waals surface area contributed by atoms with E-state index in [-0.39, 0.29) is 0 Å². The second-order valence-electron chi connectivity index (χ2n) is 4.04. The van der Waals surface area contributed by atoms with Gasteiger partial charge in [0.25, 0.3) is 0 Å². The van der Waals surface area contributed by atoms with Crippen LogP contribution in [0.3, 0.4) is 0 Å². The summed E-state index contributed by atoms with van der Waals surface area (Å²) in [7, 11) is 0. The molecule has 0 heterocycles. The van der Waals surface area contributed by atoms with Crippen molar-refractivity contribution in [1.82, 2.24) is 0 Å². The lowest BCUT2D eigenvalue weighted by atomic mass is 10.1. The van der Waals surface area contributed by atoms with E-state index in [4.69, 9.17) is 0 Å². The summed E-state index contributed by atoms with van der Waals surface area (Å²) in [5, 5.41) is 0. The Morgan fingerprint density at radius 1 is 1.00 bits per heavy atom. The molecule has 0 rings (SSSR count). The number of hydrogen-bond donors (Lipinski definition) is 0. The molecular formula is C15H22. The van der Waals surface area contributed by atoms with E-state index < -0.39 is 0 Å². The standard InChI is InChI=1S/C15H22/c1-13(2)9-6-7-11-15(5)12-8-10-14(3)4/h6-7,9-11H,1,5,8,12H2,2-4H3. The first-order valence-electron chi connectivity index (χ1n) is 5.33. The van der Waals surface area contributed by atoms with Crippen molar-refractivity contribution < 1.29 is 0 Å². The molecule has 0 N–H and O–H groups in total. The van der Waals surface area contributed by atoms with Crippen molar-refractivity contribution in [1.29, 1.82) is 0 Å². The second-order valence-corrected chi connectivity index (χ2v) is 4.04. The SMILES string of the molecule is C=C(C)C=CC=CC(=C)CCC=C(C)C. The zero-order chi connectivity index (χ0) is 11.7. The Balaban J connectivity index is 3.84. The van der Waals surface area contributed by atoms with Gasteiger partial charge in [0.05, 0.1) is 0 Å². The topological polar surface area (TPSA) is 0 Å². The van der Waals surface area contributed by atoms with Crippen LogP contribution in [0.2, 0.25) is 0 Å². The Labute approximate surface area is 94.4 Å². The highest BCUT2D eigenvalue weighted by Crippen LogP contribution is 2.06. The molecule has 0 aliphatic carbocycles. The molecule has 15 heavy (non-hydrogen) atoms. The molecule has 0 aliphatic rings. The van der Waals surface area contributed by atoms with Crippen LogP contribution in [0.4, 0.5) is 0 Å². The molecule has 0 aliphatic heterocycles. The Morgan fingerprint density at radius 3 is 2.13 bits per heavy atom. The predicted molar refractivity (Wildman–Crippen MR) is 70.9 cm³/mol. The molecular weight excluding hydrogens is 180 g/mol. The lowest BCUT2D eigenvalue weighted by Gasteiger charge is -1.95. The highest BCUT2D eigenvalue weighted by atomic mass is 13.9. The minimum atomic E-state index is 1.03. The molecule has 0 radical (unpaired) electrons. The van der Waals surface area contributed by atoms with Crippen molar-refractivity contribution in [2.24, 2.45) is 0 Å². The van der Waals surface area contributed by atoms with Crippen LogP contribution in [-0.2, 0) is 0 Å². The smallest absolute Gasteiger partial charge is 0.0250 e. The van der Waals surface area contributed by atoms with Gasteiger partial charge in [-0.25, -0.2) is 0 Å². The average Bonchev–Trinajstić information content (AvgIpc) is 2.11. The molecule has 0 amide bonds. The largest absolute Gasteiger partial charge is 0.0961 e. The maximum absolute atomic E-state index is 4.00. The third-order valence-electron chi connectivity index (χ3n) is 1.84. The molecule has 0 atom stereocenters. The zero-order valence-electron chi connectivity index (χ0n) is 10.2. The Kier molecular flexibility index (Phi) is 7.35. The molecule has 82 valence electrons. The van der Waals surface area contributed by atoms with Gasteiger partial charge >= 0.3 is 0 Å². The van der Waals surface area contributed by atoms with E-state index >= 15 is 0 Å². The molecule has 0 nitrogen and oxygen atoms in total. The van der Waals surface area contributed by atoms with E-state index in [0.717, 1.165) is 18.4 Å². The van der Waals surface area contributed by atoms with Crippen LogP contribution in [0.5, 0.6) is 0 Å². The van der Waals surface area contributed by atoms with Crippen LogP contribution in [0.15, 0.2) is 60.3 Å². The molecule has 0 aromatic carbocycles. The van der Waals surface area contributed by atoms with Crippen molar-refractivity contribution in [3.05, 3.63) is 60.3 Å². The highest BCUT2D eigenvalue weighted by molar-refractivity contribution is 5.23. The van der Waals surface area contributed by atoms with Crippen LogP contribution in [0.1, 0.15) is 33.6 Å². The first-order valence-corrected chi connectivity index (χ1v) is 5.33. The lowest BCUT2D eigenvalue weighted by Crippen LogP contribution is -1.75. The van der Waals surface area contributed by atoms with Crippen LogP contribution in [-0.4, -0.2) is 0 Å². The van der Waals surface area contributed by atoms with E-state index in [2.05, 4.69) is 39.2 Å². The van der Waals surface area contributed by atoms with E-state index in [1.54, 1.807) is 0 Å². The Hall–Kier alpha value is -1.30.